The number of rotatable bonds is 4. The van der Waals surface area contributed by atoms with E-state index in [1.807, 2.05) is 24.5 Å². The summed E-state index contributed by atoms with van der Waals surface area (Å²) in [5.41, 5.74) is 3.81. The predicted molar refractivity (Wildman–Crippen MR) is 86.2 cm³/mol. The second-order valence-electron chi connectivity index (χ2n) is 5.43. The number of ether oxygens (including phenoxy) is 1. The smallest absolute Gasteiger partial charge is 0.125 e. The maximum atomic E-state index is 5.42. The van der Waals surface area contributed by atoms with E-state index < -0.39 is 0 Å². The number of aliphatic imine (C=N–C) groups is 1. The van der Waals surface area contributed by atoms with Crippen LogP contribution in [-0.4, -0.2) is 25.5 Å². The number of hydrogen-bond donors (Lipinski definition) is 1. The lowest BCUT2D eigenvalue weighted by Gasteiger charge is -2.25. The zero-order chi connectivity index (χ0) is 13.9. The Hall–Kier alpha value is -1.13. The maximum absolute atomic E-state index is 5.42. The van der Waals surface area contributed by atoms with Gasteiger partial charge in [-0.1, -0.05) is 6.58 Å². The quantitative estimate of drug-likeness (QED) is 0.858. The Morgan fingerprint density at radius 1 is 1.40 bits per heavy atom. The van der Waals surface area contributed by atoms with Crippen LogP contribution < -0.4 is 5.32 Å². The molecule has 20 heavy (non-hydrogen) atoms. The van der Waals surface area contributed by atoms with Gasteiger partial charge >= 0.3 is 0 Å². The maximum Gasteiger partial charge on any atom is 0.125 e. The molecule has 2 aliphatic rings. The minimum atomic E-state index is 0.492. The van der Waals surface area contributed by atoms with E-state index in [4.69, 9.17) is 4.74 Å². The number of thiophene rings is 1. The third-order valence-electron chi connectivity index (χ3n) is 4.05. The summed E-state index contributed by atoms with van der Waals surface area (Å²) in [5.74, 6) is 0. The van der Waals surface area contributed by atoms with Crippen molar-refractivity contribution >= 4 is 28.2 Å². The van der Waals surface area contributed by atoms with Gasteiger partial charge in [0.05, 0.1) is 0 Å². The second kappa shape index (κ2) is 6.10. The summed E-state index contributed by atoms with van der Waals surface area (Å²) in [5, 5.41) is 4.73. The van der Waals surface area contributed by atoms with Gasteiger partial charge in [0.1, 0.15) is 5.00 Å². The molecule has 1 aliphatic heterocycles. The van der Waals surface area contributed by atoms with Gasteiger partial charge in [0.25, 0.3) is 0 Å². The lowest BCUT2D eigenvalue weighted by molar-refractivity contribution is 0.0819. The highest BCUT2D eigenvalue weighted by molar-refractivity contribution is 7.16. The lowest BCUT2D eigenvalue weighted by Crippen LogP contribution is -2.33. The topological polar surface area (TPSA) is 33.6 Å². The highest BCUT2D eigenvalue weighted by atomic mass is 32.1. The van der Waals surface area contributed by atoms with Gasteiger partial charge in [-0.2, -0.15) is 0 Å². The van der Waals surface area contributed by atoms with Crippen LogP contribution in [0.15, 0.2) is 11.6 Å². The minimum Gasteiger partial charge on any atom is -0.382 e. The van der Waals surface area contributed by atoms with Crippen molar-refractivity contribution in [1.29, 1.82) is 0 Å². The van der Waals surface area contributed by atoms with Crippen molar-refractivity contribution in [3.05, 3.63) is 22.6 Å². The largest absolute Gasteiger partial charge is 0.382 e. The van der Waals surface area contributed by atoms with Gasteiger partial charge in [0, 0.05) is 41.6 Å². The Morgan fingerprint density at radius 2 is 2.20 bits per heavy atom. The molecular formula is C16H22N2OS. The molecule has 3 nitrogen and oxygen atoms in total. The van der Waals surface area contributed by atoms with Gasteiger partial charge < -0.3 is 10.1 Å². The molecule has 1 N–H and O–H groups in total. The van der Waals surface area contributed by atoms with Gasteiger partial charge in [0.2, 0.25) is 0 Å². The van der Waals surface area contributed by atoms with E-state index in [0.717, 1.165) is 36.8 Å². The Balaban J connectivity index is 1.82. The molecule has 0 amide bonds. The van der Waals surface area contributed by atoms with E-state index >= 15 is 0 Å². The van der Waals surface area contributed by atoms with Crippen LogP contribution >= 0.6 is 11.3 Å². The fraction of sp³-hybridized carbons (Fsp3) is 0.562. The Labute approximate surface area is 124 Å². The highest BCUT2D eigenvalue weighted by Gasteiger charge is 2.24. The van der Waals surface area contributed by atoms with Gasteiger partial charge in [-0.15, -0.1) is 11.3 Å². The second-order valence-corrected chi connectivity index (χ2v) is 6.52. The van der Waals surface area contributed by atoms with E-state index in [0.29, 0.717) is 6.04 Å². The van der Waals surface area contributed by atoms with Gasteiger partial charge in [-0.05, 0) is 44.6 Å². The molecule has 1 aliphatic carbocycles. The Bertz CT molecular complexity index is 527. The first kappa shape index (κ1) is 13.8. The van der Waals surface area contributed by atoms with Gasteiger partial charge in [-0.25, -0.2) is 4.99 Å². The number of nitrogens with zero attached hydrogens (tertiary/aromatic N) is 1. The van der Waals surface area contributed by atoms with Crippen molar-refractivity contribution in [2.24, 2.45) is 4.99 Å². The van der Waals surface area contributed by atoms with Crippen molar-refractivity contribution < 1.29 is 4.74 Å². The van der Waals surface area contributed by atoms with Crippen LogP contribution in [0.1, 0.15) is 42.2 Å². The summed E-state index contributed by atoms with van der Waals surface area (Å²) >= 11 is 1.84. The predicted octanol–water partition coefficient (Wildman–Crippen LogP) is 3.70. The van der Waals surface area contributed by atoms with E-state index in [1.54, 1.807) is 0 Å². The van der Waals surface area contributed by atoms with Crippen molar-refractivity contribution in [3.63, 3.8) is 0 Å². The van der Waals surface area contributed by atoms with E-state index in [-0.39, 0.29) is 0 Å². The number of hydrogen-bond acceptors (Lipinski definition) is 4. The van der Waals surface area contributed by atoms with Gasteiger partial charge in [-0.3, -0.25) is 0 Å². The van der Waals surface area contributed by atoms with Crippen molar-refractivity contribution in [1.82, 2.24) is 5.32 Å². The molecular weight excluding hydrogens is 268 g/mol. The molecule has 0 aromatic carbocycles. The fourth-order valence-electron chi connectivity index (χ4n) is 3.07. The van der Waals surface area contributed by atoms with Crippen LogP contribution in [0.2, 0.25) is 0 Å². The van der Waals surface area contributed by atoms with Crippen molar-refractivity contribution in [2.75, 3.05) is 13.2 Å². The van der Waals surface area contributed by atoms with Crippen LogP contribution in [0.5, 0.6) is 0 Å². The van der Waals surface area contributed by atoms with Crippen LogP contribution in [0.4, 0.5) is 5.00 Å². The summed E-state index contributed by atoms with van der Waals surface area (Å²) in [7, 11) is 0. The minimum absolute atomic E-state index is 0.492. The standard InChI is InChI=1S/C16H22N2OS/c1-3-17-16-15(13-5-4-6-14(13)20-16)11(2)18-12-7-9-19-10-8-12/h3,12,18H,2,4-10H2,1H3/b17-3-. The zero-order valence-electron chi connectivity index (χ0n) is 12.1. The molecule has 0 radical (unpaired) electrons. The molecule has 1 fully saturated rings. The average Bonchev–Trinajstić information content (AvgIpc) is 3.00. The molecule has 4 heteroatoms. The summed E-state index contributed by atoms with van der Waals surface area (Å²) < 4.78 is 5.42. The number of nitrogens with one attached hydrogen (secondary N) is 1. The summed E-state index contributed by atoms with van der Waals surface area (Å²) in [6, 6.07) is 0.492. The fourth-order valence-corrected chi connectivity index (χ4v) is 4.38. The molecule has 108 valence electrons. The third-order valence-corrected chi connectivity index (χ3v) is 5.25. The molecule has 0 unspecified atom stereocenters. The first-order chi connectivity index (χ1) is 9.79. The molecule has 0 spiro atoms. The monoisotopic (exact) mass is 290 g/mol. The SMILES string of the molecule is C=C(NC1CCOCC1)c1c(/N=C\C)sc2c1CCC2. The average molecular weight is 290 g/mol. The first-order valence-electron chi connectivity index (χ1n) is 7.46. The molecule has 3 rings (SSSR count). The van der Waals surface area contributed by atoms with Gasteiger partial charge in [0.15, 0.2) is 0 Å². The molecule has 1 aromatic heterocycles. The third kappa shape index (κ3) is 2.67. The Morgan fingerprint density at radius 3 is 2.95 bits per heavy atom. The van der Waals surface area contributed by atoms with Crippen LogP contribution in [0.25, 0.3) is 5.70 Å². The number of fused-ring (bicyclic) bond motifs is 1. The van der Waals surface area contributed by atoms with Crippen molar-refractivity contribution in [2.45, 2.75) is 45.1 Å². The van der Waals surface area contributed by atoms with Crippen LogP contribution in [-0.2, 0) is 17.6 Å². The van der Waals surface area contributed by atoms with Crippen LogP contribution in [0.3, 0.4) is 0 Å². The van der Waals surface area contributed by atoms with Crippen molar-refractivity contribution in [3.8, 4) is 0 Å². The Kier molecular flexibility index (Phi) is 4.22. The summed E-state index contributed by atoms with van der Waals surface area (Å²) in [4.78, 5) is 6.06. The molecule has 0 atom stereocenters. The number of aryl methyl sites for hydroxylation is 1. The normalized spacial score (nSPS) is 19.4. The first-order valence-corrected chi connectivity index (χ1v) is 8.28. The molecule has 1 saturated heterocycles. The zero-order valence-corrected chi connectivity index (χ0v) is 12.9. The lowest BCUT2D eigenvalue weighted by atomic mass is 10.0. The summed E-state index contributed by atoms with van der Waals surface area (Å²) in [6.07, 6.45) is 7.67. The van der Waals surface area contributed by atoms with E-state index in [2.05, 4.69) is 16.9 Å². The molecule has 0 saturated carbocycles. The highest BCUT2D eigenvalue weighted by Crippen LogP contribution is 2.43. The van der Waals surface area contributed by atoms with E-state index in [9.17, 15) is 0 Å². The van der Waals surface area contributed by atoms with Crippen LogP contribution in [0, 0.1) is 0 Å². The molecule has 2 heterocycles. The molecule has 1 aromatic rings. The molecule has 0 bridgehead atoms. The van der Waals surface area contributed by atoms with E-state index in [1.165, 1.54) is 35.3 Å². The summed E-state index contributed by atoms with van der Waals surface area (Å²) in [6.45, 7) is 7.98.